The van der Waals surface area contributed by atoms with Gasteiger partial charge in [-0.15, -0.1) is 0 Å². The predicted molar refractivity (Wildman–Crippen MR) is 56.3 cm³/mol. The molecular weight excluding hydrogens is 220 g/mol. The van der Waals surface area contributed by atoms with Crippen LogP contribution in [-0.4, -0.2) is 39.9 Å². The number of aromatic nitrogens is 2. The molecule has 84 valence electrons. The Morgan fingerprint density at radius 1 is 1.60 bits per heavy atom. The summed E-state index contributed by atoms with van der Waals surface area (Å²) in [7, 11) is 1.66. The summed E-state index contributed by atoms with van der Waals surface area (Å²) < 4.78 is 0. The Labute approximate surface area is 92.1 Å². The minimum atomic E-state index is -1.20. The quantitative estimate of drug-likeness (QED) is 0.549. The first-order valence-electron chi connectivity index (χ1n) is 4.35. The van der Waals surface area contributed by atoms with E-state index in [1.54, 1.807) is 7.05 Å². The van der Waals surface area contributed by atoms with Crippen LogP contribution in [0.3, 0.4) is 0 Å². The molecule has 2 atom stereocenters. The van der Waals surface area contributed by atoms with Gasteiger partial charge < -0.3 is 21.3 Å². The Balaban J connectivity index is 2.89. The first-order valence-corrected chi connectivity index (χ1v) is 4.72. The number of hydrogen-bond acceptors (Lipinski definition) is 6. The highest BCUT2D eigenvalue weighted by Gasteiger charge is 2.22. The first-order chi connectivity index (χ1) is 7.06. The second-order valence-corrected chi connectivity index (χ2v) is 3.42. The lowest BCUT2D eigenvalue weighted by molar-refractivity contribution is 0.0180. The molecule has 0 aromatic carbocycles. The smallest absolute Gasteiger partial charge is 0.148 e. The molecule has 0 aliphatic carbocycles. The minimum Gasteiger partial charge on any atom is -0.389 e. The molecule has 1 aromatic rings. The van der Waals surface area contributed by atoms with Gasteiger partial charge in [-0.05, 0) is 7.05 Å². The van der Waals surface area contributed by atoms with Gasteiger partial charge in [-0.25, -0.2) is 9.97 Å². The van der Waals surface area contributed by atoms with Crippen LogP contribution >= 0.6 is 11.6 Å². The van der Waals surface area contributed by atoms with Crippen LogP contribution in [0.4, 0.5) is 5.82 Å². The third-order valence-corrected chi connectivity index (χ3v) is 2.04. The summed E-state index contributed by atoms with van der Waals surface area (Å²) in [5, 5.41) is 22.0. The van der Waals surface area contributed by atoms with Gasteiger partial charge in [0, 0.05) is 6.54 Å². The van der Waals surface area contributed by atoms with E-state index in [2.05, 4.69) is 15.3 Å². The Kier molecular flexibility index (Phi) is 4.22. The summed E-state index contributed by atoms with van der Waals surface area (Å²) in [5.74, 6) is 0.0575. The number of nitrogens with one attached hydrogen (secondary N) is 1. The van der Waals surface area contributed by atoms with Crippen molar-refractivity contribution >= 4 is 17.4 Å². The number of nitrogen functional groups attached to an aromatic ring is 1. The van der Waals surface area contributed by atoms with E-state index in [0.717, 1.165) is 0 Å². The molecule has 0 saturated heterocycles. The van der Waals surface area contributed by atoms with Gasteiger partial charge in [0.25, 0.3) is 0 Å². The lowest BCUT2D eigenvalue weighted by atomic mass is 10.1. The van der Waals surface area contributed by atoms with E-state index in [1.165, 1.54) is 6.20 Å². The molecule has 6 nitrogen and oxygen atoms in total. The molecule has 1 rings (SSSR count). The molecule has 15 heavy (non-hydrogen) atoms. The average Bonchev–Trinajstić information content (AvgIpc) is 2.21. The van der Waals surface area contributed by atoms with E-state index >= 15 is 0 Å². The number of nitrogens with two attached hydrogens (primary N) is 1. The standard InChI is InChI=1S/C8H13ClN4O2/c1-11-2-4(14)7(15)6-8(10)12-3-5(9)13-6/h3-4,7,11,14-15H,2H2,1H3,(H2,10,12). The van der Waals surface area contributed by atoms with Crippen LogP contribution in [0.5, 0.6) is 0 Å². The van der Waals surface area contributed by atoms with Crippen molar-refractivity contribution in [2.45, 2.75) is 12.2 Å². The Morgan fingerprint density at radius 2 is 2.27 bits per heavy atom. The number of likely N-dealkylation sites (N-methyl/N-ethyl adjacent to an activating group) is 1. The van der Waals surface area contributed by atoms with Gasteiger partial charge in [0.1, 0.15) is 22.8 Å². The lowest BCUT2D eigenvalue weighted by Crippen LogP contribution is -2.30. The van der Waals surface area contributed by atoms with E-state index in [0.29, 0.717) is 0 Å². The zero-order chi connectivity index (χ0) is 11.4. The second kappa shape index (κ2) is 5.22. The van der Waals surface area contributed by atoms with Crippen LogP contribution in [-0.2, 0) is 0 Å². The van der Waals surface area contributed by atoms with Crippen LogP contribution in [0.1, 0.15) is 11.8 Å². The van der Waals surface area contributed by atoms with Gasteiger partial charge in [0.2, 0.25) is 0 Å². The van der Waals surface area contributed by atoms with E-state index < -0.39 is 12.2 Å². The number of halogens is 1. The van der Waals surface area contributed by atoms with Crippen molar-refractivity contribution < 1.29 is 10.2 Å². The van der Waals surface area contributed by atoms with Crippen molar-refractivity contribution in [1.82, 2.24) is 15.3 Å². The third kappa shape index (κ3) is 3.00. The minimum absolute atomic E-state index is 0.0575. The van der Waals surface area contributed by atoms with Crippen molar-refractivity contribution in [2.24, 2.45) is 0 Å². The maximum absolute atomic E-state index is 9.69. The third-order valence-electron chi connectivity index (χ3n) is 1.86. The lowest BCUT2D eigenvalue weighted by Gasteiger charge is -2.17. The average molecular weight is 233 g/mol. The summed E-state index contributed by atoms with van der Waals surface area (Å²) in [6, 6.07) is 0. The zero-order valence-electron chi connectivity index (χ0n) is 8.18. The molecule has 7 heteroatoms. The Hall–Kier alpha value is -0.950. The highest BCUT2D eigenvalue weighted by molar-refractivity contribution is 6.29. The van der Waals surface area contributed by atoms with Gasteiger partial charge in [0.15, 0.2) is 0 Å². The molecule has 0 amide bonds. The fraction of sp³-hybridized carbons (Fsp3) is 0.500. The molecular formula is C8H13ClN4O2. The number of aliphatic hydroxyl groups excluding tert-OH is 2. The molecule has 0 bridgehead atoms. The van der Waals surface area contributed by atoms with Crippen LogP contribution in [0.15, 0.2) is 6.20 Å². The van der Waals surface area contributed by atoms with Gasteiger partial charge >= 0.3 is 0 Å². The number of aliphatic hydroxyl groups is 2. The molecule has 2 unspecified atom stereocenters. The summed E-state index contributed by atoms with van der Waals surface area (Å²) in [4.78, 5) is 7.55. The Bertz CT molecular complexity index is 336. The van der Waals surface area contributed by atoms with Crippen LogP contribution < -0.4 is 11.1 Å². The van der Waals surface area contributed by atoms with Crippen molar-refractivity contribution in [3.8, 4) is 0 Å². The largest absolute Gasteiger partial charge is 0.389 e. The number of hydrogen-bond donors (Lipinski definition) is 4. The highest BCUT2D eigenvalue weighted by atomic mass is 35.5. The maximum atomic E-state index is 9.69. The van der Waals surface area contributed by atoms with Gasteiger partial charge in [-0.2, -0.15) is 0 Å². The van der Waals surface area contributed by atoms with Crippen molar-refractivity contribution in [1.29, 1.82) is 0 Å². The number of nitrogens with zero attached hydrogens (tertiary/aromatic N) is 2. The molecule has 0 fully saturated rings. The van der Waals surface area contributed by atoms with E-state index in [9.17, 15) is 10.2 Å². The summed E-state index contributed by atoms with van der Waals surface area (Å²) in [5.41, 5.74) is 5.59. The molecule has 1 aromatic heterocycles. The zero-order valence-corrected chi connectivity index (χ0v) is 8.94. The predicted octanol–water partition coefficient (Wildman–Crippen LogP) is -0.674. The topological polar surface area (TPSA) is 104 Å². The van der Waals surface area contributed by atoms with Crippen LogP contribution in [0, 0.1) is 0 Å². The van der Waals surface area contributed by atoms with Gasteiger partial charge in [-0.3, -0.25) is 0 Å². The summed E-state index contributed by atoms with van der Waals surface area (Å²) in [6.45, 7) is 0.217. The fourth-order valence-electron chi connectivity index (χ4n) is 1.11. The van der Waals surface area contributed by atoms with Gasteiger partial charge in [-0.1, -0.05) is 11.6 Å². The monoisotopic (exact) mass is 232 g/mol. The van der Waals surface area contributed by atoms with Crippen LogP contribution in [0.2, 0.25) is 5.15 Å². The van der Waals surface area contributed by atoms with Crippen LogP contribution in [0.25, 0.3) is 0 Å². The SMILES string of the molecule is CNCC(O)C(O)c1nc(Cl)cnc1N. The fourth-order valence-corrected chi connectivity index (χ4v) is 1.25. The summed E-state index contributed by atoms with van der Waals surface area (Å²) >= 11 is 5.61. The Morgan fingerprint density at radius 3 is 2.87 bits per heavy atom. The van der Waals surface area contributed by atoms with Crippen molar-refractivity contribution in [2.75, 3.05) is 19.3 Å². The molecule has 0 radical (unpaired) electrons. The highest BCUT2D eigenvalue weighted by Crippen LogP contribution is 2.20. The van der Waals surface area contributed by atoms with E-state index in [4.69, 9.17) is 17.3 Å². The molecule has 0 saturated carbocycles. The molecule has 1 heterocycles. The normalized spacial score (nSPS) is 14.9. The number of anilines is 1. The van der Waals surface area contributed by atoms with Gasteiger partial charge in [0.05, 0.1) is 12.3 Å². The molecule has 0 spiro atoms. The van der Waals surface area contributed by atoms with Crippen molar-refractivity contribution in [3.05, 3.63) is 17.0 Å². The first kappa shape index (κ1) is 12.1. The van der Waals surface area contributed by atoms with E-state index in [1.807, 2.05) is 0 Å². The number of rotatable bonds is 4. The molecule has 0 aliphatic rings. The second-order valence-electron chi connectivity index (χ2n) is 3.03. The molecule has 5 N–H and O–H groups in total. The van der Waals surface area contributed by atoms with E-state index in [-0.39, 0.29) is 23.2 Å². The molecule has 0 aliphatic heterocycles. The van der Waals surface area contributed by atoms with Crippen molar-refractivity contribution in [3.63, 3.8) is 0 Å². The maximum Gasteiger partial charge on any atom is 0.148 e. The summed E-state index contributed by atoms with van der Waals surface area (Å²) in [6.07, 6.45) is -0.939.